The van der Waals surface area contributed by atoms with Crippen molar-refractivity contribution in [3.05, 3.63) is 35.9 Å². The zero-order valence-electron chi connectivity index (χ0n) is 11.9. The highest BCUT2D eigenvalue weighted by Gasteiger charge is 2.25. The van der Waals surface area contributed by atoms with Crippen LogP contribution >= 0.6 is 0 Å². The third-order valence-electron chi connectivity index (χ3n) is 3.00. The van der Waals surface area contributed by atoms with Crippen LogP contribution in [0.4, 0.5) is 0 Å². The van der Waals surface area contributed by atoms with Gasteiger partial charge in [0.25, 0.3) is 5.91 Å². The number of carboxylic acids is 1. The van der Waals surface area contributed by atoms with Crippen molar-refractivity contribution < 1.29 is 19.4 Å². The van der Waals surface area contributed by atoms with E-state index in [9.17, 15) is 9.59 Å². The van der Waals surface area contributed by atoms with E-state index in [1.165, 1.54) is 7.11 Å². The molecule has 1 rings (SSSR count). The predicted molar refractivity (Wildman–Crippen MR) is 78.4 cm³/mol. The second-order valence-electron chi connectivity index (χ2n) is 4.52. The second kappa shape index (κ2) is 8.77. The molecule has 1 amide bonds. The van der Waals surface area contributed by atoms with Crippen LogP contribution in [0.15, 0.2) is 30.3 Å². The number of ether oxygens (including phenoxy) is 1. The van der Waals surface area contributed by atoms with Gasteiger partial charge in [-0.1, -0.05) is 30.3 Å². The Kier molecular flexibility index (Phi) is 6.99. The van der Waals surface area contributed by atoms with Crippen LogP contribution in [0.5, 0.6) is 0 Å². The van der Waals surface area contributed by atoms with Crippen LogP contribution in [0.25, 0.3) is 0 Å². The molecule has 112 valence electrons. The summed E-state index contributed by atoms with van der Waals surface area (Å²) in [6.07, 6.45) is 5.61. The Morgan fingerprint density at radius 2 is 2.05 bits per heavy atom. The van der Waals surface area contributed by atoms with Crippen LogP contribution in [0.1, 0.15) is 30.9 Å². The van der Waals surface area contributed by atoms with Crippen molar-refractivity contribution in [2.75, 3.05) is 7.11 Å². The van der Waals surface area contributed by atoms with E-state index in [1.54, 1.807) is 24.3 Å². The number of aliphatic carboxylic acids is 1. The van der Waals surface area contributed by atoms with Gasteiger partial charge in [0, 0.05) is 13.5 Å². The summed E-state index contributed by atoms with van der Waals surface area (Å²) in [5.41, 5.74) is 0.672. The molecule has 0 aromatic heterocycles. The summed E-state index contributed by atoms with van der Waals surface area (Å²) in [6.45, 7) is 0. The number of carbonyl (C=O) groups excluding carboxylic acids is 1. The molecule has 1 aromatic carbocycles. The molecule has 0 aliphatic heterocycles. The van der Waals surface area contributed by atoms with Gasteiger partial charge in [-0.3, -0.25) is 4.79 Å². The number of carboxylic acid groups (broad SMARTS) is 1. The van der Waals surface area contributed by atoms with Gasteiger partial charge in [-0.05, 0) is 18.4 Å². The van der Waals surface area contributed by atoms with Crippen molar-refractivity contribution in [3.8, 4) is 12.3 Å². The molecule has 0 radical (unpaired) electrons. The molecule has 2 atom stereocenters. The zero-order chi connectivity index (χ0) is 15.7. The molecular formula is C16H19NO4. The molecule has 0 spiro atoms. The van der Waals surface area contributed by atoms with Gasteiger partial charge in [0.1, 0.15) is 6.04 Å². The van der Waals surface area contributed by atoms with Gasteiger partial charge < -0.3 is 15.2 Å². The molecule has 0 fully saturated rings. The average Bonchev–Trinajstić information content (AvgIpc) is 2.48. The molecule has 0 aliphatic carbocycles. The van der Waals surface area contributed by atoms with Crippen molar-refractivity contribution in [2.24, 2.45) is 0 Å². The third-order valence-corrected chi connectivity index (χ3v) is 3.00. The number of methoxy groups -OCH3 is 1. The highest BCUT2D eigenvalue weighted by atomic mass is 16.5. The minimum absolute atomic E-state index is 0.288. The van der Waals surface area contributed by atoms with Crippen LogP contribution in [0.2, 0.25) is 0 Å². The highest BCUT2D eigenvalue weighted by molar-refractivity contribution is 5.87. The van der Waals surface area contributed by atoms with Crippen LogP contribution in [-0.2, 0) is 14.3 Å². The predicted octanol–water partition coefficient (Wildman–Crippen LogP) is 1.75. The molecular weight excluding hydrogens is 270 g/mol. The van der Waals surface area contributed by atoms with Crippen molar-refractivity contribution in [1.29, 1.82) is 0 Å². The molecule has 0 saturated carbocycles. The van der Waals surface area contributed by atoms with Crippen molar-refractivity contribution in [3.63, 3.8) is 0 Å². The smallest absolute Gasteiger partial charge is 0.326 e. The van der Waals surface area contributed by atoms with E-state index < -0.39 is 24.0 Å². The number of hydrogen-bond donors (Lipinski definition) is 2. The normalized spacial score (nSPS) is 13.0. The summed E-state index contributed by atoms with van der Waals surface area (Å²) >= 11 is 0. The molecule has 0 aliphatic rings. The molecule has 5 heteroatoms. The number of benzene rings is 1. The standard InChI is InChI=1S/C16H19NO4/c1-3-4-6-11-13(16(19)20)17-15(18)14(21-2)12-9-7-5-8-10-12/h1,5,7-10,13-14H,4,6,11H2,2H3,(H,17,18)(H,19,20)/t13-,14-/m0/s1. The number of terminal acetylenes is 1. The number of unbranched alkanes of at least 4 members (excludes halogenated alkanes) is 1. The fourth-order valence-corrected chi connectivity index (χ4v) is 1.94. The van der Waals surface area contributed by atoms with Crippen LogP contribution in [0, 0.1) is 12.3 Å². The Hall–Kier alpha value is -2.32. The van der Waals surface area contributed by atoms with Gasteiger partial charge in [0.15, 0.2) is 6.10 Å². The summed E-state index contributed by atoms with van der Waals surface area (Å²) in [5.74, 6) is 0.889. The van der Waals surface area contributed by atoms with Crippen LogP contribution < -0.4 is 5.32 Å². The van der Waals surface area contributed by atoms with Gasteiger partial charge in [0.2, 0.25) is 0 Å². The van der Waals surface area contributed by atoms with Crippen LogP contribution in [0.3, 0.4) is 0 Å². The first kappa shape index (κ1) is 16.7. The van der Waals surface area contributed by atoms with Gasteiger partial charge in [-0.15, -0.1) is 12.3 Å². The van der Waals surface area contributed by atoms with Crippen molar-refractivity contribution >= 4 is 11.9 Å². The van der Waals surface area contributed by atoms with Crippen LogP contribution in [-0.4, -0.2) is 30.1 Å². The molecule has 21 heavy (non-hydrogen) atoms. The lowest BCUT2D eigenvalue weighted by Gasteiger charge is -2.19. The van der Waals surface area contributed by atoms with E-state index in [0.717, 1.165) is 0 Å². The first-order chi connectivity index (χ1) is 10.1. The van der Waals surface area contributed by atoms with E-state index in [1.807, 2.05) is 6.07 Å². The number of carbonyl (C=O) groups is 2. The second-order valence-corrected chi connectivity index (χ2v) is 4.52. The topological polar surface area (TPSA) is 75.6 Å². The quantitative estimate of drug-likeness (QED) is 0.564. The molecule has 0 unspecified atom stereocenters. The van der Waals surface area contributed by atoms with Gasteiger partial charge in [-0.25, -0.2) is 4.79 Å². The van der Waals surface area contributed by atoms with E-state index in [4.69, 9.17) is 16.3 Å². The summed E-state index contributed by atoms with van der Waals surface area (Å²) < 4.78 is 5.17. The van der Waals surface area contributed by atoms with E-state index in [-0.39, 0.29) is 6.42 Å². The molecule has 1 aromatic rings. The third kappa shape index (κ3) is 5.28. The molecule has 0 saturated heterocycles. The Labute approximate surface area is 124 Å². The van der Waals surface area contributed by atoms with E-state index >= 15 is 0 Å². The lowest BCUT2D eigenvalue weighted by molar-refractivity contribution is -0.144. The largest absolute Gasteiger partial charge is 0.480 e. The molecule has 0 heterocycles. The van der Waals surface area contributed by atoms with E-state index in [0.29, 0.717) is 18.4 Å². The van der Waals surface area contributed by atoms with E-state index in [2.05, 4.69) is 11.2 Å². The fraction of sp³-hybridized carbons (Fsp3) is 0.375. The lowest BCUT2D eigenvalue weighted by Crippen LogP contribution is -2.43. The zero-order valence-corrected chi connectivity index (χ0v) is 11.9. The van der Waals surface area contributed by atoms with Gasteiger partial charge in [-0.2, -0.15) is 0 Å². The maximum Gasteiger partial charge on any atom is 0.326 e. The molecule has 2 N–H and O–H groups in total. The van der Waals surface area contributed by atoms with Crippen molar-refractivity contribution in [1.82, 2.24) is 5.32 Å². The van der Waals surface area contributed by atoms with Gasteiger partial charge >= 0.3 is 5.97 Å². The minimum Gasteiger partial charge on any atom is -0.480 e. The van der Waals surface area contributed by atoms with Crippen molar-refractivity contribution in [2.45, 2.75) is 31.4 Å². The average molecular weight is 289 g/mol. The SMILES string of the molecule is C#CCCC[C@H](NC(=O)[C@@H](OC)c1ccccc1)C(=O)O. The first-order valence-corrected chi connectivity index (χ1v) is 6.64. The molecule has 5 nitrogen and oxygen atoms in total. The Morgan fingerprint density at radius 1 is 1.38 bits per heavy atom. The number of amides is 1. The maximum atomic E-state index is 12.2. The minimum atomic E-state index is -1.08. The highest BCUT2D eigenvalue weighted by Crippen LogP contribution is 2.16. The Bertz CT molecular complexity index is 507. The number of rotatable bonds is 8. The number of hydrogen-bond acceptors (Lipinski definition) is 3. The summed E-state index contributed by atoms with van der Waals surface area (Å²) in [7, 11) is 1.41. The molecule has 0 bridgehead atoms. The first-order valence-electron chi connectivity index (χ1n) is 6.64. The summed E-state index contributed by atoms with van der Waals surface area (Å²) in [6, 6.07) is 7.94. The Morgan fingerprint density at radius 3 is 2.57 bits per heavy atom. The summed E-state index contributed by atoms with van der Waals surface area (Å²) in [4.78, 5) is 23.4. The summed E-state index contributed by atoms with van der Waals surface area (Å²) in [5, 5.41) is 11.6. The lowest BCUT2D eigenvalue weighted by atomic mass is 10.1. The monoisotopic (exact) mass is 289 g/mol. The van der Waals surface area contributed by atoms with Gasteiger partial charge in [0.05, 0.1) is 0 Å². The number of nitrogens with one attached hydrogen (secondary N) is 1. The Balaban J connectivity index is 2.71. The fourth-order valence-electron chi connectivity index (χ4n) is 1.94. The maximum absolute atomic E-state index is 12.2.